The molecule has 1 aromatic carbocycles. The lowest BCUT2D eigenvalue weighted by molar-refractivity contribution is 1.11. The third-order valence-electron chi connectivity index (χ3n) is 2.43. The molecular formula is C12H11BrN2. The van der Waals surface area contributed by atoms with Gasteiger partial charge in [-0.2, -0.15) is 0 Å². The SMILES string of the molecule is Cc1ccc(-c2ccnc(Br)n2)cc1C. The van der Waals surface area contributed by atoms with Gasteiger partial charge in [-0.25, -0.2) is 9.97 Å². The Kier molecular flexibility index (Phi) is 2.82. The van der Waals surface area contributed by atoms with Crippen LogP contribution in [0.15, 0.2) is 35.2 Å². The van der Waals surface area contributed by atoms with Crippen molar-refractivity contribution in [2.75, 3.05) is 0 Å². The normalized spacial score (nSPS) is 10.3. The summed E-state index contributed by atoms with van der Waals surface area (Å²) in [7, 11) is 0. The van der Waals surface area contributed by atoms with Crippen LogP contribution in [0.5, 0.6) is 0 Å². The molecule has 0 spiro atoms. The zero-order valence-corrected chi connectivity index (χ0v) is 10.2. The van der Waals surface area contributed by atoms with E-state index in [-0.39, 0.29) is 0 Å². The molecule has 0 atom stereocenters. The third-order valence-corrected chi connectivity index (χ3v) is 2.81. The molecule has 2 rings (SSSR count). The maximum atomic E-state index is 4.32. The molecule has 0 aliphatic rings. The molecule has 0 amide bonds. The van der Waals surface area contributed by atoms with E-state index in [4.69, 9.17) is 0 Å². The quantitative estimate of drug-likeness (QED) is 0.735. The van der Waals surface area contributed by atoms with Gasteiger partial charge in [0.15, 0.2) is 4.73 Å². The highest BCUT2D eigenvalue weighted by Gasteiger charge is 2.01. The standard InChI is InChI=1S/C12H11BrN2/c1-8-3-4-10(7-9(8)2)11-5-6-14-12(13)15-11/h3-7H,1-2H3. The van der Waals surface area contributed by atoms with Gasteiger partial charge in [0, 0.05) is 11.8 Å². The second-order valence-corrected chi connectivity index (χ2v) is 4.22. The predicted molar refractivity (Wildman–Crippen MR) is 64.6 cm³/mol. The maximum absolute atomic E-state index is 4.32. The minimum Gasteiger partial charge on any atom is -0.231 e. The first kappa shape index (κ1) is 10.3. The molecule has 1 aromatic heterocycles. The number of benzene rings is 1. The first-order valence-electron chi connectivity index (χ1n) is 4.73. The van der Waals surface area contributed by atoms with Crippen molar-refractivity contribution in [3.63, 3.8) is 0 Å². The summed E-state index contributed by atoms with van der Waals surface area (Å²) in [5.41, 5.74) is 4.65. The predicted octanol–water partition coefficient (Wildman–Crippen LogP) is 3.52. The Hall–Kier alpha value is -1.22. The fourth-order valence-electron chi connectivity index (χ4n) is 1.40. The molecule has 15 heavy (non-hydrogen) atoms. The number of aryl methyl sites for hydroxylation is 2. The van der Waals surface area contributed by atoms with Gasteiger partial charge >= 0.3 is 0 Å². The van der Waals surface area contributed by atoms with Crippen molar-refractivity contribution in [2.45, 2.75) is 13.8 Å². The summed E-state index contributed by atoms with van der Waals surface area (Å²) in [6, 6.07) is 8.25. The molecule has 0 bridgehead atoms. The summed E-state index contributed by atoms with van der Waals surface area (Å²) < 4.78 is 0.623. The van der Waals surface area contributed by atoms with Crippen molar-refractivity contribution in [1.82, 2.24) is 9.97 Å². The highest BCUT2D eigenvalue weighted by atomic mass is 79.9. The van der Waals surface area contributed by atoms with Gasteiger partial charge in [-0.3, -0.25) is 0 Å². The van der Waals surface area contributed by atoms with Gasteiger partial charge in [-0.15, -0.1) is 0 Å². The Morgan fingerprint density at radius 3 is 2.53 bits per heavy atom. The van der Waals surface area contributed by atoms with Crippen LogP contribution in [0.3, 0.4) is 0 Å². The van der Waals surface area contributed by atoms with Crippen LogP contribution in [0.4, 0.5) is 0 Å². The zero-order valence-electron chi connectivity index (χ0n) is 8.66. The molecule has 76 valence electrons. The van der Waals surface area contributed by atoms with E-state index in [9.17, 15) is 0 Å². The molecule has 1 heterocycles. The largest absolute Gasteiger partial charge is 0.231 e. The van der Waals surface area contributed by atoms with Crippen molar-refractivity contribution in [2.24, 2.45) is 0 Å². The lowest BCUT2D eigenvalue weighted by Crippen LogP contribution is -1.88. The van der Waals surface area contributed by atoms with Gasteiger partial charge in [0.05, 0.1) is 5.69 Å². The molecule has 2 nitrogen and oxygen atoms in total. The summed E-state index contributed by atoms with van der Waals surface area (Å²) >= 11 is 3.27. The molecule has 0 saturated carbocycles. The lowest BCUT2D eigenvalue weighted by Gasteiger charge is -2.04. The lowest BCUT2D eigenvalue weighted by atomic mass is 10.0. The van der Waals surface area contributed by atoms with Crippen LogP contribution in [-0.2, 0) is 0 Å². The van der Waals surface area contributed by atoms with Gasteiger partial charge in [0.1, 0.15) is 0 Å². The van der Waals surface area contributed by atoms with Crippen molar-refractivity contribution < 1.29 is 0 Å². The Morgan fingerprint density at radius 1 is 1.07 bits per heavy atom. The van der Waals surface area contributed by atoms with Crippen molar-refractivity contribution >= 4 is 15.9 Å². The van der Waals surface area contributed by atoms with Crippen LogP contribution in [0.25, 0.3) is 11.3 Å². The van der Waals surface area contributed by atoms with Gasteiger partial charge in [0.2, 0.25) is 0 Å². The average Bonchev–Trinajstić information content (AvgIpc) is 2.22. The molecule has 0 saturated heterocycles. The summed E-state index contributed by atoms with van der Waals surface area (Å²) in [5.74, 6) is 0. The molecule has 0 unspecified atom stereocenters. The molecular weight excluding hydrogens is 252 g/mol. The number of hydrogen-bond donors (Lipinski definition) is 0. The van der Waals surface area contributed by atoms with E-state index in [0.29, 0.717) is 4.73 Å². The number of nitrogens with zero attached hydrogens (tertiary/aromatic N) is 2. The highest BCUT2D eigenvalue weighted by Crippen LogP contribution is 2.20. The first-order chi connectivity index (χ1) is 7.16. The van der Waals surface area contributed by atoms with E-state index in [1.165, 1.54) is 11.1 Å². The fraction of sp³-hybridized carbons (Fsp3) is 0.167. The van der Waals surface area contributed by atoms with Crippen LogP contribution in [0.1, 0.15) is 11.1 Å². The minimum atomic E-state index is 0.623. The topological polar surface area (TPSA) is 25.8 Å². The third kappa shape index (κ3) is 2.23. The molecule has 0 fully saturated rings. The second-order valence-electron chi connectivity index (χ2n) is 3.51. The average molecular weight is 263 g/mol. The molecule has 0 radical (unpaired) electrons. The van der Waals surface area contributed by atoms with E-state index in [1.54, 1.807) is 6.20 Å². The second kappa shape index (κ2) is 4.11. The smallest absolute Gasteiger partial charge is 0.197 e. The van der Waals surface area contributed by atoms with Crippen molar-refractivity contribution in [3.8, 4) is 11.3 Å². The molecule has 3 heteroatoms. The zero-order chi connectivity index (χ0) is 10.8. The van der Waals surface area contributed by atoms with Crippen LogP contribution in [0, 0.1) is 13.8 Å². The number of rotatable bonds is 1. The van der Waals surface area contributed by atoms with Gasteiger partial charge in [0.25, 0.3) is 0 Å². The van der Waals surface area contributed by atoms with Gasteiger partial charge < -0.3 is 0 Å². The molecule has 0 aliphatic carbocycles. The van der Waals surface area contributed by atoms with Crippen molar-refractivity contribution in [3.05, 3.63) is 46.3 Å². The van der Waals surface area contributed by atoms with Crippen molar-refractivity contribution in [1.29, 1.82) is 0 Å². The summed E-state index contributed by atoms with van der Waals surface area (Å²) in [4.78, 5) is 8.33. The van der Waals surface area contributed by atoms with Gasteiger partial charge in [-0.1, -0.05) is 12.1 Å². The Balaban J connectivity index is 2.50. The van der Waals surface area contributed by atoms with E-state index in [2.05, 4.69) is 57.9 Å². The van der Waals surface area contributed by atoms with Crippen LogP contribution < -0.4 is 0 Å². The molecule has 0 aliphatic heterocycles. The van der Waals surface area contributed by atoms with Crippen LogP contribution in [-0.4, -0.2) is 9.97 Å². The Bertz CT molecular complexity index is 495. The van der Waals surface area contributed by atoms with E-state index < -0.39 is 0 Å². The van der Waals surface area contributed by atoms with Gasteiger partial charge in [-0.05, 0) is 53.0 Å². The number of halogens is 1. The number of hydrogen-bond acceptors (Lipinski definition) is 2. The summed E-state index contributed by atoms with van der Waals surface area (Å²) in [6.45, 7) is 4.21. The monoisotopic (exact) mass is 262 g/mol. The maximum Gasteiger partial charge on any atom is 0.197 e. The van der Waals surface area contributed by atoms with E-state index >= 15 is 0 Å². The molecule has 0 N–H and O–H groups in total. The highest BCUT2D eigenvalue weighted by molar-refractivity contribution is 9.10. The van der Waals surface area contributed by atoms with E-state index in [1.807, 2.05) is 6.07 Å². The van der Waals surface area contributed by atoms with Crippen LogP contribution in [0.2, 0.25) is 0 Å². The van der Waals surface area contributed by atoms with Crippen LogP contribution >= 0.6 is 15.9 Å². The number of aromatic nitrogens is 2. The molecule has 2 aromatic rings. The Labute approximate surface area is 97.5 Å². The Morgan fingerprint density at radius 2 is 1.87 bits per heavy atom. The minimum absolute atomic E-state index is 0.623. The fourth-order valence-corrected chi connectivity index (χ4v) is 1.71. The summed E-state index contributed by atoms with van der Waals surface area (Å²) in [5, 5.41) is 0. The summed E-state index contributed by atoms with van der Waals surface area (Å²) in [6.07, 6.45) is 1.75. The van der Waals surface area contributed by atoms with E-state index in [0.717, 1.165) is 11.3 Å². The first-order valence-corrected chi connectivity index (χ1v) is 5.52.